The molecule has 4 heteroatoms. The molecule has 0 aliphatic carbocycles. The molecule has 0 spiro atoms. The lowest BCUT2D eigenvalue weighted by Crippen LogP contribution is -2.32. The Labute approximate surface area is 92.4 Å². The number of benzene rings is 1. The molecule has 1 aromatic carbocycles. The van der Waals surface area contributed by atoms with Crippen molar-refractivity contribution in [3.8, 4) is 0 Å². The van der Waals surface area contributed by atoms with Crippen LogP contribution in [0.4, 0.5) is 0 Å². The number of halogens is 1. The normalized spacial score (nSPS) is 12.8. The first-order valence-corrected chi connectivity index (χ1v) is 5.35. The Hall–Kier alpha value is -0.420. The van der Waals surface area contributed by atoms with Crippen LogP contribution < -0.4 is 11.1 Å². The van der Waals surface area contributed by atoms with Gasteiger partial charge in [0.1, 0.15) is 0 Å². The van der Waals surface area contributed by atoms with Crippen LogP contribution in [0.15, 0.2) is 28.7 Å². The maximum Gasteiger partial charge on any atom is 0.0786 e. The molecule has 4 N–H and O–H groups in total. The third-order valence-corrected chi connectivity index (χ3v) is 2.36. The van der Waals surface area contributed by atoms with E-state index in [1.165, 1.54) is 5.56 Å². The van der Waals surface area contributed by atoms with Crippen molar-refractivity contribution in [3.05, 3.63) is 34.3 Å². The third-order valence-electron chi connectivity index (χ3n) is 1.87. The molecule has 3 nitrogen and oxygen atoms in total. The van der Waals surface area contributed by atoms with Gasteiger partial charge in [0.25, 0.3) is 0 Å². The van der Waals surface area contributed by atoms with E-state index in [4.69, 9.17) is 5.73 Å². The fraction of sp³-hybridized carbons (Fsp3) is 0.400. The molecule has 0 aliphatic rings. The summed E-state index contributed by atoms with van der Waals surface area (Å²) in [7, 11) is 0. The molecular weight excluding hydrogens is 244 g/mol. The number of hydrogen-bond donors (Lipinski definition) is 3. The number of nitrogens with one attached hydrogen (secondary N) is 1. The molecule has 0 aliphatic heterocycles. The Morgan fingerprint density at radius 1 is 1.50 bits per heavy atom. The van der Waals surface area contributed by atoms with Gasteiger partial charge in [-0.25, -0.2) is 0 Å². The van der Waals surface area contributed by atoms with Crippen molar-refractivity contribution in [1.29, 1.82) is 0 Å². The average molecular weight is 259 g/mol. The van der Waals surface area contributed by atoms with Crippen LogP contribution in [0.5, 0.6) is 0 Å². The number of aliphatic hydroxyl groups is 1. The third kappa shape index (κ3) is 4.19. The highest BCUT2D eigenvalue weighted by atomic mass is 79.9. The van der Waals surface area contributed by atoms with Gasteiger partial charge < -0.3 is 16.2 Å². The summed E-state index contributed by atoms with van der Waals surface area (Å²) in [5.74, 6) is 0. The average Bonchev–Trinajstić information content (AvgIpc) is 2.17. The molecule has 0 fully saturated rings. The highest BCUT2D eigenvalue weighted by Crippen LogP contribution is 2.11. The van der Waals surface area contributed by atoms with Crippen LogP contribution in [0.25, 0.3) is 0 Å². The van der Waals surface area contributed by atoms with Gasteiger partial charge >= 0.3 is 0 Å². The van der Waals surface area contributed by atoms with Gasteiger partial charge in [-0.2, -0.15) is 0 Å². The Morgan fingerprint density at radius 3 is 2.93 bits per heavy atom. The molecule has 1 aromatic rings. The summed E-state index contributed by atoms with van der Waals surface area (Å²) in [4.78, 5) is 0. The SMILES string of the molecule is NCC(O)CNCc1cccc(Br)c1. The summed E-state index contributed by atoms with van der Waals surface area (Å²) in [6.07, 6.45) is -0.456. The standard InChI is InChI=1S/C10H15BrN2O/c11-9-3-1-2-8(4-9)6-13-7-10(14)5-12/h1-4,10,13-14H,5-7,12H2. The fourth-order valence-corrected chi connectivity index (χ4v) is 1.56. The zero-order valence-corrected chi connectivity index (χ0v) is 9.50. The van der Waals surface area contributed by atoms with Crippen molar-refractivity contribution >= 4 is 15.9 Å². The maximum atomic E-state index is 9.19. The van der Waals surface area contributed by atoms with Gasteiger partial charge in [0.05, 0.1) is 6.10 Å². The molecule has 0 saturated carbocycles. The van der Waals surface area contributed by atoms with Crippen molar-refractivity contribution in [2.24, 2.45) is 5.73 Å². The molecule has 1 unspecified atom stereocenters. The van der Waals surface area contributed by atoms with Crippen molar-refractivity contribution in [1.82, 2.24) is 5.32 Å². The van der Waals surface area contributed by atoms with Gasteiger partial charge in [-0.05, 0) is 17.7 Å². The van der Waals surface area contributed by atoms with E-state index in [9.17, 15) is 5.11 Å². The van der Waals surface area contributed by atoms with Crippen molar-refractivity contribution < 1.29 is 5.11 Å². The highest BCUT2D eigenvalue weighted by molar-refractivity contribution is 9.10. The summed E-state index contributed by atoms with van der Waals surface area (Å²) < 4.78 is 1.07. The minimum absolute atomic E-state index is 0.297. The second-order valence-electron chi connectivity index (χ2n) is 3.15. The topological polar surface area (TPSA) is 58.3 Å². The van der Waals surface area contributed by atoms with Crippen molar-refractivity contribution in [2.45, 2.75) is 12.6 Å². The molecule has 0 heterocycles. The van der Waals surface area contributed by atoms with E-state index in [0.29, 0.717) is 13.1 Å². The smallest absolute Gasteiger partial charge is 0.0786 e. The van der Waals surface area contributed by atoms with Crippen LogP contribution in [0.3, 0.4) is 0 Å². The van der Waals surface area contributed by atoms with Crippen LogP contribution in [0.1, 0.15) is 5.56 Å². The Kier molecular flexibility index (Phi) is 5.11. The zero-order chi connectivity index (χ0) is 10.4. The van der Waals surface area contributed by atoms with E-state index in [-0.39, 0.29) is 0 Å². The van der Waals surface area contributed by atoms with Crippen LogP contribution in [0.2, 0.25) is 0 Å². The van der Waals surface area contributed by atoms with E-state index in [1.54, 1.807) is 0 Å². The van der Waals surface area contributed by atoms with Gasteiger partial charge in [-0.15, -0.1) is 0 Å². The van der Waals surface area contributed by atoms with E-state index >= 15 is 0 Å². The molecular formula is C10H15BrN2O. The first-order chi connectivity index (χ1) is 6.72. The van der Waals surface area contributed by atoms with Gasteiger partial charge in [0.15, 0.2) is 0 Å². The minimum atomic E-state index is -0.456. The lowest BCUT2D eigenvalue weighted by molar-refractivity contribution is 0.179. The Bertz CT molecular complexity index is 281. The number of aliphatic hydroxyl groups excluding tert-OH is 1. The predicted octanol–water partition coefficient (Wildman–Crippen LogP) is 0.858. The summed E-state index contributed by atoms with van der Waals surface area (Å²) in [5, 5.41) is 12.3. The zero-order valence-electron chi connectivity index (χ0n) is 7.91. The lowest BCUT2D eigenvalue weighted by Gasteiger charge is -2.09. The van der Waals surface area contributed by atoms with Gasteiger partial charge in [0, 0.05) is 24.1 Å². The quantitative estimate of drug-likeness (QED) is 0.735. The van der Waals surface area contributed by atoms with E-state index in [1.807, 2.05) is 24.3 Å². The molecule has 0 bridgehead atoms. The van der Waals surface area contributed by atoms with Crippen LogP contribution in [-0.2, 0) is 6.54 Å². The maximum absolute atomic E-state index is 9.19. The minimum Gasteiger partial charge on any atom is -0.390 e. The molecule has 78 valence electrons. The molecule has 0 radical (unpaired) electrons. The van der Waals surface area contributed by atoms with Gasteiger partial charge in [-0.1, -0.05) is 28.1 Å². The molecule has 1 rings (SSSR count). The second kappa shape index (κ2) is 6.14. The Morgan fingerprint density at radius 2 is 2.29 bits per heavy atom. The van der Waals surface area contributed by atoms with Crippen molar-refractivity contribution in [2.75, 3.05) is 13.1 Å². The summed E-state index contributed by atoms with van der Waals surface area (Å²) in [6.45, 7) is 1.57. The molecule has 0 saturated heterocycles. The van der Waals surface area contributed by atoms with E-state index in [2.05, 4.69) is 21.2 Å². The molecule has 0 amide bonds. The first-order valence-electron chi connectivity index (χ1n) is 4.55. The van der Waals surface area contributed by atoms with Crippen LogP contribution in [-0.4, -0.2) is 24.3 Å². The number of nitrogens with two attached hydrogens (primary N) is 1. The largest absolute Gasteiger partial charge is 0.390 e. The highest BCUT2D eigenvalue weighted by Gasteiger charge is 1.99. The number of rotatable bonds is 5. The van der Waals surface area contributed by atoms with E-state index < -0.39 is 6.10 Å². The van der Waals surface area contributed by atoms with Gasteiger partial charge in [-0.3, -0.25) is 0 Å². The first kappa shape index (κ1) is 11.7. The molecule has 1 atom stereocenters. The molecule has 0 aromatic heterocycles. The lowest BCUT2D eigenvalue weighted by atomic mass is 10.2. The monoisotopic (exact) mass is 258 g/mol. The molecule has 14 heavy (non-hydrogen) atoms. The summed E-state index contributed by atoms with van der Waals surface area (Å²) in [6, 6.07) is 8.05. The Balaban J connectivity index is 2.31. The van der Waals surface area contributed by atoms with Crippen LogP contribution >= 0.6 is 15.9 Å². The number of hydrogen-bond acceptors (Lipinski definition) is 3. The summed E-state index contributed by atoms with van der Waals surface area (Å²) in [5.41, 5.74) is 6.46. The fourth-order valence-electron chi connectivity index (χ4n) is 1.11. The van der Waals surface area contributed by atoms with Crippen molar-refractivity contribution in [3.63, 3.8) is 0 Å². The predicted molar refractivity (Wildman–Crippen MR) is 60.9 cm³/mol. The van der Waals surface area contributed by atoms with Crippen LogP contribution in [0, 0.1) is 0 Å². The summed E-state index contributed by atoms with van der Waals surface area (Å²) >= 11 is 3.40. The van der Waals surface area contributed by atoms with Gasteiger partial charge in [0.2, 0.25) is 0 Å². The van der Waals surface area contributed by atoms with E-state index in [0.717, 1.165) is 11.0 Å². The second-order valence-corrected chi connectivity index (χ2v) is 4.07.